The van der Waals surface area contributed by atoms with Gasteiger partial charge in [0.2, 0.25) is 0 Å². The van der Waals surface area contributed by atoms with Gasteiger partial charge in [-0.05, 0) is 31.2 Å². The zero-order chi connectivity index (χ0) is 16.8. The van der Waals surface area contributed by atoms with Gasteiger partial charge >= 0.3 is 5.97 Å². The summed E-state index contributed by atoms with van der Waals surface area (Å²) in [6, 6.07) is 13.8. The first kappa shape index (κ1) is 17.3. The Morgan fingerprint density at radius 3 is 2.39 bits per heavy atom. The standard InChI is InChI=1S/C17H15Cl2NO3/c1-2-20(12-7-4-3-5-8-12)15(21)11-23-17(22)13-9-6-10-14(18)16(13)19/h3-10H,2,11H2,1H3. The number of likely N-dealkylation sites (N-methyl/N-ethyl adjacent to an activating group) is 1. The van der Waals surface area contributed by atoms with E-state index in [0.29, 0.717) is 6.54 Å². The first-order valence-electron chi connectivity index (χ1n) is 7.01. The van der Waals surface area contributed by atoms with Crippen molar-refractivity contribution in [2.24, 2.45) is 0 Å². The molecule has 0 radical (unpaired) electrons. The molecule has 0 bridgehead atoms. The number of carbonyl (C=O) groups excluding carboxylic acids is 2. The Labute approximate surface area is 144 Å². The van der Waals surface area contributed by atoms with Crippen molar-refractivity contribution in [2.75, 3.05) is 18.1 Å². The molecular formula is C17H15Cl2NO3. The number of anilines is 1. The van der Waals surface area contributed by atoms with Gasteiger partial charge in [0.05, 0.1) is 15.6 Å². The molecule has 0 N–H and O–H groups in total. The van der Waals surface area contributed by atoms with E-state index in [2.05, 4.69) is 0 Å². The van der Waals surface area contributed by atoms with Gasteiger partial charge in [-0.1, -0.05) is 47.5 Å². The smallest absolute Gasteiger partial charge is 0.340 e. The molecule has 0 unspecified atom stereocenters. The van der Waals surface area contributed by atoms with Crippen molar-refractivity contribution in [1.29, 1.82) is 0 Å². The van der Waals surface area contributed by atoms with Crippen molar-refractivity contribution < 1.29 is 14.3 Å². The molecule has 4 nitrogen and oxygen atoms in total. The third-order valence-electron chi connectivity index (χ3n) is 3.18. The van der Waals surface area contributed by atoms with E-state index in [9.17, 15) is 9.59 Å². The average Bonchev–Trinajstić information content (AvgIpc) is 2.57. The number of ether oxygens (including phenoxy) is 1. The Balaban J connectivity index is 2.03. The van der Waals surface area contributed by atoms with Gasteiger partial charge in [0.25, 0.3) is 5.91 Å². The summed E-state index contributed by atoms with van der Waals surface area (Å²) in [7, 11) is 0. The fourth-order valence-corrected chi connectivity index (χ4v) is 2.43. The van der Waals surface area contributed by atoms with Gasteiger partial charge in [-0.2, -0.15) is 0 Å². The van der Waals surface area contributed by atoms with Crippen LogP contribution in [0.1, 0.15) is 17.3 Å². The highest BCUT2D eigenvalue weighted by Gasteiger charge is 2.18. The summed E-state index contributed by atoms with van der Waals surface area (Å²) in [6.07, 6.45) is 0. The van der Waals surface area contributed by atoms with Gasteiger partial charge in [-0.15, -0.1) is 0 Å². The van der Waals surface area contributed by atoms with Crippen molar-refractivity contribution in [2.45, 2.75) is 6.92 Å². The minimum absolute atomic E-state index is 0.113. The molecule has 2 aromatic carbocycles. The molecule has 0 heterocycles. The van der Waals surface area contributed by atoms with Crippen molar-refractivity contribution in [3.63, 3.8) is 0 Å². The van der Waals surface area contributed by atoms with Gasteiger partial charge < -0.3 is 9.64 Å². The largest absolute Gasteiger partial charge is 0.452 e. The maximum absolute atomic E-state index is 12.3. The molecule has 0 atom stereocenters. The van der Waals surface area contributed by atoms with Crippen molar-refractivity contribution in [3.8, 4) is 0 Å². The Bertz CT molecular complexity index is 704. The molecule has 0 aliphatic rings. The summed E-state index contributed by atoms with van der Waals surface area (Å²) in [5, 5.41) is 0.369. The van der Waals surface area contributed by atoms with E-state index < -0.39 is 5.97 Å². The molecule has 1 amide bonds. The molecule has 2 rings (SSSR count). The monoisotopic (exact) mass is 351 g/mol. The topological polar surface area (TPSA) is 46.6 Å². The minimum Gasteiger partial charge on any atom is -0.452 e. The first-order chi connectivity index (χ1) is 11.0. The average molecular weight is 352 g/mol. The number of rotatable bonds is 5. The summed E-state index contributed by atoms with van der Waals surface area (Å²) >= 11 is 11.8. The highest BCUT2D eigenvalue weighted by Crippen LogP contribution is 2.26. The predicted molar refractivity (Wildman–Crippen MR) is 91.2 cm³/mol. The summed E-state index contributed by atoms with van der Waals surface area (Å²) in [5.41, 5.74) is 0.881. The molecule has 2 aromatic rings. The van der Waals surface area contributed by atoms with Gasteiger partial charge in [0.1, 0.15) is 0 Å². The maximum atomic E-state index is 12.3. The lowest BCUT2D eigenvalue weighted by molar-refractivity contribution is -0.121. The van der Waals surface area contributed by atoms with E-state index >= 15 is 0 Å². The second-order valence-electron chi connectivity index (χ2n) is 4.65. The summed E-state index contributed by atoms with van der Waals surface area (Å²) in [4.78, 5) is 25.8. The molecule has 23 heavy (non-hydrogen) atoms. The first-order valence-corrected chi connectivity index (χ1v) is 7.76. The summed E-state index contributed by atoms with van der Waals surface area (Å²) < 4.78 is 5.06. The highest BCUT2D eigenvalue weighted by molar-refractivity contribution is 6.43. The molecule has 0 aliphatic heterocycles. The normalized spacial score (nSPS) is 10.2. The van der Waals surface area contributed by atoms with Crippen molar-refractivity contribution in [3.05, 3.63) is 64.1 Å². The molecule has 6 heteroatoms. The highest BCUT2D eigenvalue weighted by atomic mass is 35.5. The van der Waals surface area contributed by atoms with E-state index in [1.54, 1.807) is 12.1 Å². The van der Waals surface area contributed by atoms with E-state index in [4.69, 9.17) is 27.9 Å². The number of hydrogen-bond donors (Lipinski definition) is 0. The van der Waals surface area contributed by atoms with Crippen LogP contribution in [0, 0.1) is 0 Å². The van der Waals surface area contributed by atoms with Crippen LogP contribution in [0.3, 0.4) is 0 Å². The molecule has 0 spiro atoms. The molecule has 0 aliphatic carbocycles. The Morgan fingerprint density at radius 2 is 1.74 bits per heavy atom. The molecule has 0 saturated heterocycles. The van der Waals surface area contributed by atoms with Crippen LogP contribution in [0.25, 0.3) is 0 Å². The number of benzene rings is 2. The summed E-state index contributed by atoms with van der Waals surface area (Å²) in [6.45, 7) is 1.95. The number of para-hydroxylation sites is 1. The number of nitrogens with zero attached hydrogens (tertiary/aromatic N) is 1. The summed E-state index contributed by atoms with van der Waals surface area (Å²) in [5.74, 6) is -1.000. The fourth-order valence-electron chi connectivity index (χ4n) is 2.06. The second kappa shape index (κ2) is 7.99. The Hall–Kier alpha value is -2.04. The lowest BCUT2D eigenvalue weighted by Crippen LogP contribution is -2.34. The van der Waals surface area contributed by atoms with Crippen LogP contribution >= 0.6 is 23.2 Å². The molecule has 0 saturated carbocycles. The van der Waals surface area contributed by atoms with Crippen molar-refractivity contribution in [1.82, 2.24) is 0 Å². The third kappa shape index (κ3) is 4.24. The number of hydrogen-bond acceptors (Lipinski definition) is 3. The second-order valence-corrected chi connectivity index (χ2v) is 5.44. The molecule has 0 aromatic heterocycles. The van der Waals surface area contributed by atoms with Crippen LogP contribution in [0.5, 0.6) is 0 Å². The van der Waals surface area contributed by atoms with Crippen LogP contribution in [0.15, 0.2) is 48.5 Å². The SMILES string of the molecule is CCN(C(=O)COC(=O)c1cccc(Cl)c1Cl)c1ccccc1. The van der Waals surface area contributed by atoms with Gasteiger partial charge in [0.15, 0.2) is 6.61 Å². The van der Waals surface area contributed by atoms with Crippen LogP contribution in [-0.2, 0) is 9.53 Å². The number of amides is 1. The van der Waals surface area contributed by atoms with Crippen molar-refractivity contribution >= 4 is 40.8 Å². The number of halogens is 2. The van der Waals surface area contributed by atoms with Gasteiger partial charge in [0, 0.05) is 12.2 Å². The lowest BCUT2D eigenvalue weighted by atomic mass is 10.2. The Morgan fingerprint density at radius 1 is 1.04 bits per heavy atom. The predicted octanol–water partition coefficient (Wildman–Crippen LogP) is 4.20. The van der Waals surface area contributed by atoms with E-state index in [-0.39, 0.29) is 28.1 Å². The fraction of sp³-hybridized carbons (Fsp3) is 0.176. The Kier molecular flexibility index (Phi) is 6.02. The quantitative estimate of drug-likeness (QED) is 0.758. The molecule has 0 fully saturated rings. The number of carbonyl (C=O) groups is 2. The molecule has 120 valence electrons. The zero-order valence-corrected chi connectivity index (χ0v) is 14.0. The third-order valence-corrected chi connectivity index (χ3v) is 4.00. The van der Waals surface area contributed by atoms with Gasteiger partial charge in [-0.3, -0.25) is 4.79 Å². The van der Waals surface area contributed by atoms with Crippen LogP contribution in [-0.4, -0.2) is 25.0 Å². The van der Waals surface area contributed by atoms with Crippen LogP contribution in [0.4, 0.5) is 5.69 Å². The van der Waals surface area contributed by atoms with E-state index in [1.807, 2.05) is 37.3 Å². The van der Waals surface area contributed by atoms with E-state index in [0.717, 1.165) is 5.69 Å². The van der Waals surface area contributed by atoms with Gasteiger partial charge in [-0.25, -0.2) is 4.79 Å². The minimum atomic E-state index is -0.685. The van der Waals surface area contributed by atoms with E-state index in [1.165, 1.54) is 11.0 Å². The maximum Gasteiger partial charge on any atom is 0.340 e. The lowest BCUT2D eigenvalue weighted by Gasteiger charge is -2.20. The van der Waals surface area contributed by atoms with Crippen LogP contribution < -0.4 is 4.90 Å². The number of esters is 1. The molecular weight excluding hydrogens is 337 g/mol. The van der Waals surface area contributed by atoms with Crippen LogP contribution in [0.2, 0.25) is 10.0 Å². The zero-order valence-electron chi connectivity index (χ0n) is 12.5.